The third-order valence-electron chi connectivity index (χ3n) is 3.70. The Balaban J connectivity index is 1.68. The van der Waals surface area contributed by atoms with Crippen LogP contribution in [0.15, 0.2) is 33.2 Å². The van der Waals surface area contributed by atoms with E-state index in [9.17, 15) is 17.6 Å². The maximum absolute atomic E-state index is 13.7. The van der Waals surface area contributed by atoms with Crippen LogP contribution in [0.3, 0.4) is 0 Å². The summed E-state index contributed by atoms with van der Waals surface area (Å²) in [5, 5.41) is 0. The van der Waals surface area contributed by atoms with Gasteiger partial charge in [0.2, 0.25) is 0 Å². The summed E-state index contributed by atoms with van der Waals surface area (Å²) >= 11 is 5.86. The van der Waals surface area contributed by atoms with E-state index in [4.69, 9.17) is 4.74 Å². The number of hydrogen-bond donors (Lipinski definition) is 0. The van der Waals surface area contributed by atoms with Crippen molar-refractivity contribution in [3.63, 3.8) is 0 Å². The summed E-state index contributed by atoms with van der Waals surface area (Å²) < 4.78 is 59.7. The van der Waals surface area contributed by atoms with Crippen LogP contribution in [-0.4, -0.2) is 13.2 Å². The number of hydrogen-bond acceptors (Lipinski definition) is 1. The molecule has 0 amide bonds. The van der Waals surface area contributed by atoms with Crippen LogP contribution in [0.25, 0.3) is 0 Å². The van der Waals surface area contributed by atoms with Crippen LogP contribution < -0.4 is 0 Å². The van der Waals surface area contributed by atoms with E-state index in [2.05, 4.69) is 31.9 Å². The van der Waals surface area contributed by atoms with Crippen LogP contribution in [0.4, 0.5) is 17.6 Å². The lowest BCUT2D eigenvalue weighted by molar-refractivity contribution is 0.129. The molecular weight excluding hydrogens is 468 g/mol. The summed E-state index contributed by atoms with van der Waals surface area (Å²) in [6, 6.07) is 6.02. The Morgan fingerprint density at radius 3 is 1.44 bits per heavy atom. The van der Waals surface area contributed by atoms with Gasteiger partial charge in [-0.2, -0.15) is 0 Å². The first kappa shape index (κ1) is 20.4. The molecule has 25 heavy (non-hydrogen) atoms. The lowest BCUT2D eigenvalue weighted by Gasteiger charge is -2.08. The summed E-state index contributed by atoms with van der Waals surface area (Å²) in [5.74, 6) is -3.46. The molecule has 1 nitrogen and oxygen atoms in total. The fourth-order valence-corrected chi connectivity index (χ4v) is 2.96. The summed E-state index contributed by atoms with van der Waals surface area (Å²) in [5.41, 5.74) is 0.605. The zero-order valence-electron chi connectivity index (χ0n) is 13.2. The number of halogens is 6. The average Bonchev–Trinajstić information content (AvgIpc) is 2.60. The number of ether oxygens (including phenoxy) is 1. The van der Waals surface area contributed by atoms with E-state index in [1.807, 2.05) is 0 Å². The second-order valence-corrected chi connectivity index (χ2v) is 7.20. The summed E-state index contributed by atoms with van der Waals surface area (Å²) in [6.07, 6.45) is 1.81. The minimum atomic E-state index is -0.887. The van der Waals surface area contributed by atoms with E-state index in [-0.39, 0.29) is 8.95 Å². The second-order valence-electron chi connectivity index (χ2n) is 5.49. The Morgan fingerprint density at radius 1 is 0.640 bits per heavy atom. The van der Waals surface area contributed by atoms with Gasteiger partial charge in [-0.3, -0.25) is 0 Å². The molecule has 0 unspecified atom stereocenters. The fourth-order valence-electron chi connectivity index (χ4n) is 2.35. The van der Waals surface area contributed by atoms with Crippen molar-refractivity contribution < 1.29 is 22.3 Å². The van der Waals surface area contributed by atoms with Gasteiger partial charge in [0.25, 0.3) is 0 Å². The largest absolute Gasteiger partial charge is 0.381 e. The molecule has 0 saturated heterocycles. The minimum Gasteiger partial charge on any atom is -0.381 e. The fraction of sp³-hybridized carbons (Fsp3) is 0.333. The molecule has 0 heterocycles. The van der Waals surface area contributed by atoms with Crippen molar-refractivity contribution in [2.75, 3.05) is 13.2 Å². The Labute approximate surface area is 160 Å². The molecule has 0 fully saturated rings. The van der Waals surface area contributed by atoms with Gasteiger partial charge in [-0.1, -0.05) is 12.1 Å². The van der Waals surface area contributed by atoms with Crippen molar-refractivity contribution in [1.82, 2.24) is 0 Å². The second kappa shape index (κ2) is 9.69. The molecule has 2 aromatic carbocycles. The maximum atomic E-state index is 13.7. The average molecular weight is 484 g/mol. The monoisotopic (exact) mass is 482 g/mol. The molecule has 0 atom stereocenters. The van der Waals surface area contributed by atoms with Crippen molar-refractivity contribution in [3.05, 3.63) is 67.6 Å². The van der Waals surface area contributed by atoms with Gasteiger partial charge in [-0.15, -0.1) is 0 Å². The first-order valence-electron chi connectivity index (χ1n) is 7.74. The molecule has 0 aromatic heterocycles. The smallest absolute Gasteiger partial charge is 0.173 e. The Kier molecular flexibility index (Phi) is 7.90. The van der Waals surface area contributed by atoms with E-state index in [0.717, 1.165) is 0 Å². The predicted molar refractivity (Wildman–Crippen MR) is 95.6 cm³/mol. The lowest BCUT2D eigenvalue weighted by Crippen LogP contribution is -2.03. The van der Waals surface area contributed by atoms with Crippen LogP contribution in [-0.2, 0) is 17.6 Å². The Bertz CT molecular complexity index is 676. The molecule has 2 aromatic rings. The highest BCUT2D eigenvalue weighted by atomic mass is 79.9. The Hall–Kier alpha value is -0.920. The van der Waals surface area contributed by atoms with E-state index < -0.39 is 23.3 Å². The highest BCUT2D eigenvalue weighted by Gasteiger charge is 2.12. The quantitative estimate of drug-likeness (QED) is 0.241. The zero-order valence-corrected chi connectivity index (χ0v) is 16.4. The summed E-state index contributed by atoms with van der Waals surface area (Å²) in [7, 11) is 0. The minimum absolute atomic E-state index is 0.0987. The van der Waals surface area contributed by atoms with Crippen molar-refractivity contribution in [2.24, 2.45) is 0 Å². The van der Waals surface area contributed by atoms with Gasteiger partial charge in [0.1, 0.15) is 0 Å². The molecule has 0 saturated carbocycles. The zero-order chi connectivity index (χ0) is 18.4. The summed E-state index contributed by atoms with van der Waals surface area (Å²) in [4.78, 5) is 0. The highest BCUT2D eigenvalue weighted by molar-refractivity contribution is 9.10. The predicted octanol–water partition coefficient (Wildman–Crippen LogP) is 6.35. The molecule has 0 aliphatic carbocycles. The van der Waals surface area contributed by atoms with Crippen LogP contribution in [0.5, 0.6) is 0 Å². The molecule has 0 spiro atoms. The van der Waals surface area contributed by atoms with Gasteiger partial charge in [-0.05, 0) is 80.8 Å². The normalized spacial score (nSPS) is 11.1. The van der Waals surface area contributed by atoms with Gasteiger partial charge in [-0.25, -0.2) is 17.6 Å². The van der Waals surface area contributed by atoms with Gasteiger partial charge in [0.15, 0.2) is 23.3 Å². The number of aryl methyl sites for hydroxylation is 2. The van der Waals surface area contributed by atoms with Crippen LogP contribution in [0, 0.1) is 23.3 Å². The van der Waals surface area contributed by atoms with Crippen LogP contribution >= 0.6 is 31.9 Å². The topological polar surface area (TPSA) is 9.23 Å². The van der Waals surface area contributed by atoms with Crippen LogP contribution in [0.1, 0.15) is 24.0 Å². The first-order chi connectivity index (χ1) is 11.9. The standard InChI is InChI=1S/C18H16Br2F4O/c19-13-7-5-11(15(21)17(13)23)3-1-9-25-10-2-4-12-6-8-14(20)18(24)16(12)22/h5-8H,1-4,9-10H2. The van der Waals surface area contributed by atoms with Gasteiger partial charge in [0, 0.05) is 13.2 Å². The molecule has 0 N–H and O–H groups in total. The Morgan fingerprint density at radius 2 is 1.04 bits per heavy atom. The molecule has 0 aliphatic rings. The molecule has 0 bridgehead atoms. The molecule has 0 aliphatic heterocycles. The maximum Gasteiger partial charge on any atom is 0.173 e. The first-order valence-corrected chi connectivity index (χ1v) is 9.33. The SMILES string of the molecule is Fc1c(Br)ccc(CCCOCCCc2ccc(Br)c(F)c2F)c1F. The van der Waals surface area contributed by atoms with Crippen molar-refractivity contribution in [3.8, 4) is 0 Å². The van der Waals surface area contributed by atoms with E-state index in [1.165, 1.54) is 24.3 Å². The van der Waals surface area contributed by atoms with E-state index >= 15 is 0 Å². The third kappa shape index (κ3) is 5.53. The van der Waals surface area contributed by atoms with Crippen molar-refractivity contribution in [2.45, 2.75) is 25.7 Å². The number of rotatable bonds is 8. The number of benzene rings is 2. The van der Waals surface area contributed by atoms with Crippen molar-refractivity contribution in [1.29, 1.82) is 0 Å². The van der Waals surface area contributed by atoms with E-state index in [0.29, 0.717) is 50.0 Å². The van der Waals surface area contributed by atoms with Gasteiger partial charge in [0.05, 0.1) is 8.95 Å². The lowest BCUT2D eigenvalue weighted by atomic mass is 10.1. The van der Waals surface area contributed by atoms with Gasteiger partial charge >= 0.3 is 0 Å². The van der Waals surface area contributed by atoms with Crippen LogP contribution in [0.2, 0.25) is 0 Å². The van der Waals surface area contributed by atoms with Gasteiger partial charge < -0.3 is 4.74 Å². The summed E-state index contributed by atoms with van der Waals surface area (Å²) in [6.45, 7) is 0.766. The molecule has 136 valence electrons. The third-order valence-corrected chi connectivity index (χ3v) is 4.92. The van der Waals surface area contributed by atoms with E-state index in [1.54, 1.807) is 0 Å². The molecule has 0 radical (unpaired) electrons. The molecule has 2 rings (SSSR count). The molecular formula is C18H16Br2F4O. The highest BCUT2D eigenvalue weighted by Crippen LogP contribution is 2.23. The van der Waals surface area contributed by atoms with Crippen molar-refractivity contribution >= 4 is 31.9 Å². The molecule has 7 heteroatoms.